The van der Waals surface area contributed by atoms with Crippen molar-refractivity contribution in [2.45, 2.75) is 0 Å². The molecule has 0 aromatic rings. The molecule has 0 aliphatic heterocycles. The van der Waals surface area contributed by atoms with E-state index in [0.29, 0.717) is 0 Å². The van der Waals surface area contributed by atoms with Gasteiger partial charge in [-0.1, -0.05) is 0 Å². The fourth-order valence-corrected chi connectivity index (χ4v) is 0. The lowest BCUT2D eigenvalue weighted by molar-refractivity contribution is 0.137. The quantitative estimate of drug-likeness (QED) is 0.539. The maximum Gasteiger partial charge on any atom is 0.503 e. The fourth-order valence-electron chi connectivity index (χ4n) is 0. The largest absolute Gasteiger partial charge is 0.503 e. The minimum atomic E-state index is -1.83. The lowest BCUT2D eigenvalue weighted by Crippen LogP contribution is -1.81. The second-order valence-electron chi connectivity index (χ2n) is 0.283. The standard InChI is InChI=1S/CH2O3.3ClH.H3N/c2-1(3)4;;;;/h(H2,2,3,4);3*1H;1H3. The van der Waals surface area contributed by atoms with Crippen LogP contribution in [-0.2, 0) is 0 Å². The summed E-state index contributed by atoms with van der Waals surface area (Å²) in [6.45, 7) is 0. The van der Waals surface area contributed by atoms with Gasteiger partial charge in [0.1, 0.15) is 0 Å². The van der Waals surface area contributed by atoms with Crippen molar-refractivity contribution in [1.82, 2.24) is 6.15 Å². The van der Waals surface area contributed by atoms with E-state index in [1.807, 2.05) is 0 Å². The predicted molar refractivity (Wildman–Crippen MR) is 37.4 cm³/mol. The van der Waals surface area contributed by atoms with Crippen LogP contribution in [0.1, 0.15) is 0 Å². The van der Waals surface area contributed by atoms with Crippen LogP contribution in [0.2, 0.25) is 0 Å². The van der Waals surface area contributed by atoms with Gasteiger partial charge in [0.2, 0.25) is 0 Å². The highest BCUT2D eigenvalue weighted by Crippen LogP contribution is 1.42. The Labute approximate surface area is 65.1 Å². The van der Waals surface area contributed by atoms with E-state index in [4.69, 9.17) is 15.0 Å². The van der Waals surface area contributed by atoms with Crippen molar-refractivity contribution in [3.05, 3.63) is 0 Å². The number of hydrogen-bond acceptors (Lipinski definition) is 2. The van der Waals surface area contributed by atoms with Crippen LogP contribution in [0, 0.1) is 0 Å². The summed E-state index contributed by atoms with van der Waals surface area (Å²) in [6.07, 6.45) is -1.83. The van der Waals surface area contributed by atoms with E-state index in [1.54, 1.807) is 0 Å². The van der Waals surface area contributed by atoms with Gasteiger partial charge in [-0.25, -0.2) is 4.79 Å². The molecule has 0 unspecified atom stereocenters. The molecule has 0 rings (SSSR count). The summed E-state index contributed by atoms with van der Waals surface area (Å²) >= 11 is 0. The first kappa shape index (κ1) is 42.5. The molecular formula is CH8Cl3NO3. The van der Waals surface area contributed by atoms with E-state index in [2.05, 4.69) is 0 Å². The SMILES string of the molecule is Cl.Cl.Cl.N.O=C(O)O. The van der Waals surface area contributed by atoms with E-state index in [1.165, 1.54) is 0 Å². The van der Waals surface area contributed by atoms with Gasteiger partial charge >= 0.3 is 6.16 Å². The van der Waals surface area contributed by atoms with Gasteiger partial charge in [0.15, 0.2) is 0 Å². The summed E-state index contributed by atoms with van der Waals surface area (Å²) in [5.41, 5.74) is 0. The Morgan fingerprint density at radius 1 is 1.00 bits per heavy atom. The van der Waals surface area contributed by atoms with Crippen molar-refractivity contribution < 1.29 is 15.0 Å². The fraction of sp³-hybridized carbons (Fsp3) is 0. The molecule has 0 saturated carbocycles. The van der Waals surface area contributed by atoms with Crippen LogP contribution >= 0.6 is 37.2 Å². The normalized spacial score (nSPS) is 3.00. The minimum absolute atomic E-state index is 0. The molecule has 0 radical (unpaired) electrons. The van der Waals surface area contributed by atoms with Crippen molar-refractivity contribution >= 4 is 43.4 Å². The van der Waals surface area contributed by atoms with Gasteiger partial charge in [-0.15, -0.1) is 37.2 Å². The van der Waals surface area contributed by atoms with E-state index in [9.17, 15) is 0 Å². The number of rotatable bonds is 0. The molecule has 8 heavy (non-hydrogen) atoms. The molecule has 0 aliphatic rings. The molecule has 0 spiro atoms. The summed E-state index contributed by atoms with van der Waals surface area (Å²) in [5, 5.41) is 13.9. The van der Waals surface area contributed by atoms with Crippen LogP contribution in [-0.4, -0.2) is 16.4 Å². The maximum absolute atomic E-state index is 8.56. The Hall–Kier alpha value is 0.1000. The average molecular weight is 188 g/mol. The van der Waals surface area contributed by atoms with E-state index >= 15 is 0 Å². The van der Waals surface area contributed by atoms with Gasteiger partial charge in [0, 0.05) is 0 Å². The highest BCUT2D eigenvalue weighted by atomic mass is 35.5. The third kappa shape index (κ3) is 15900. The van der Waals surface area contributed by atoms with Crippen LogP contribution in [0.5, 0.6) is 0 Å². The number of halogens is 3. The Morgan fingerprint density at radius 2 is 1.00 bits per heavy atom. The molecule has 56 valence electrons. The summed E-state index contributed by atoms with van der Waals surface area (Å²) in [6, 6.07) is 0. The molecule has 0 heterocycles. The highest BCUT2D eigenvalue weighted by Gasteiger charge is 1.70. The molecule has 4 nitrogen and oxygen atoms in total. The lowest BCUT2D eigenvalue weighted by Gasteiger charge is -1.60. The van der Waals surface area contributed by atoms with Gasteiger partial charge in [-0.3, -0.25) is 0 Å². The topological polar surface area (TPSA) is 92.5 Å². The van der Waals surface area contributed by atoms with Crippen molar-refractivity contribution in [1.29, 1.82) is 0 Å². The summed E-state index contributed by atoms with van der Waals surface area (Å²) in [5.74, 6) is 0. The van der Waals surface area contributed by atoms with E-state index in [-0.39, 0.29) is 43.4 Å². The zero-order chi connectivity index (χ0) is 3.58. The lowest BCUT2D eigenvalue weighted by atomic mass is 11.5. The van der Waals surface area contributed by atoms with Crippen molar-refractivity contribution in [3.63, 3.8) is 0 Å². The zero-order valence-corrected chi connectivity index (χ0v) is 6.18. The first-order valence-electron chi connectivity index (χ1n) is 0.651. The second-order valence-corrected chi connectivity index (χ2v) is 0.283. The van der Waals surface area contributed by atoms with Gasteiger partial charge < -0.3 is 16.4 Å². The Kier molecular flexibility index (Phi) is 146. The van der Waals surface area contributed by atoms with Crippen LogP contribution in [0.15, 0.2) is 0 Å². The van der Waals surface area contributed by atoms with Crippen molar-refractivity contribution in [2.75, 3.05) is 0 Å². The Balaban J connectivity index is -0.00000000750. The number of carbonyl (C=O) groups is 1. The first-order chi connectivity index (χ1) is 1.73. The van der Waals surface area contributed by atoms with Crippen LogP contribution in [0.4, 0.5) is 4.79 Å². The van der Waals surface area contributed by atoms with Crippen molar-refractivity contribution in [3.8, 4) is 0 Å². The first-order valence-corrected chi connectivity index (χ1v) is 0.651. The van der Waals surface area contributed by atoms with Gasteiger partial charge in [0.25, 0.3) is 0 Å². The van der Waals surface area contributed by atoms with Gasteiger partial charge in [-0.2, -0.15) is 0 Å². The molecule has 0 aromatic carbocycles. The van der Waals surface area contributed by atoms with Crippen LogP contribution < -0.4 is 6.15 Å². The Bertz CT molecular complexity index is 37.5. The molecule has 5 N–H and O–H groups in total. The molecule has 0 bridgehead atoms. The third-order valence-electron chi connectivity index (χ3n) is 0. The maximum atomic E-state index is 8.56. The average Bonchev–Trinajstić information content (AvgIpc) is 0.811. The summed E-state index contributed by atoms with van der Waals surface area (Å²) < 4.78 is 0. The highest BCUT2D eigenvalue weighted by molar-refractivity contribution is 5.86. The smallest absolute Gasteiger partial charge is 0.450 e. The zero-order valence-electron chi connectivity index (χ0n) is 3.73. The number of hydrogen-bond donors (Lipinski definition) is 3. The molecule has 0 saturated heterocycles. The molecular weight excluding hydrogens is 180 g/mol. The molecule has 0 aromatic heterocycles. The second kappa shape index (κ2) is 27.5. The van der Waals surface area contributed by atoms with Crippen LogP contribution in [0.25, 0.3) is 0 Å². The van der Waals surface area contributed by atoms with Gasteiger partial charge in [-0.05, 0) is 0 Å². The Morgan fingerprint density at radius 3 is 1.00 bits per heavy atom. The van der Waals surface area contributed by atoms with E-state index < -0.39 is 6.16 Å². The third-order valence-corrected chi connectivity index (χ3v) is 0. The molecule has 0 amide bonds. The summed E-state index contributed by atoms with van der Waals surface area (Å²) in [7, 11) is 0. The number of carboxylic acid groups (broad SMARTS) is 2. The van der Waals surface area contributed by atoms with Gasteiger partial charge in [0.05, 0.1) is 0 Å². The monoisotopic (exact) mass is 187 g/mol. The van der Waals surface area contributed by atoms with E-state index in [0.717, 1.165) is 0 Å². The summed E-state index contributed by atoms with van der Waals surface area (Å²) in [4.78, 5) is 8.56. The predicted octanol–water partition coefficient (Wildman–Crippen LogP) is 1.65. The molecule has 0 aliphatic carbocycles. The van der Waals surface area contributed by atoms with Crippen molar-refractivity contribution in [2.24, 2.45) is 0 Å². The molecule has 7 heteroatoms. The minimum Gasteiger partial charge on any atom is -0.450 e. The molecule has 0 atom stereocenters. The van der Waals surface area contributed by atoms with Crippen LogP contribution in [0.3, 0.4) is 0 Å². The molecule has 0 fully saturated rings.